The highest BCUT2D eigenvalue weighted by Crippen LogP contribution is 2.37. The van der Waals surface area contributed by atoms with E-state index in [1.165, 1.54) is 7.11 Å². The van der Waals surface area contributed by atoms with Gasteiger partial charge >= 0.3 is 0 Å². The summed E-state index contributed by atoms with van der Waals surface area (Å²) in [5.74, 6) is 0.124. The number of benzene rings is 2. The predicted molar refractivity (Wildman–Crippen MR) is 173 cm³/mol. The maximum atomic E-state index is 13.8. The van der Waals surface area contributed by atoms with Gasteiger partial charge in [-0.15, -0.1) is 0 Å². The molecule has 0 bridgehead atoms. The van der Waals surface area contributed by atoms with Crippen LogP contribution < -0.4 is 14.8 Å². The summed E-state index contributed by atoms with van der Waals surface area (Å²) < 4.78 is 12.4. The van der Waals surface area contributed by atoms with Gasteiger partial charge in [0, 0.05) is 37.1 Å². The summed E-state index contributed by atoms with van der Waals surface area (Å²) in [5.41, 5.74) is 2.76. The number of amides is 2. The van der Waals surface area contributed by atoms with E-state index in [-0.39, 0.29) is 32.0 Å². The zero-order valence-corrected chi connectivity index (χ0v) is 27.3. The molecule has 2 amide bonds. The summed E-state index contributed by atoms with van der Waals surface area (Å²) in [4.78, 5) is 40.0. The molecule has 3 atom stereocenters. The molecule has 1 aliphatic rings. The quantitative estimate of drug-likeness (QED) is 0.131. The SMILES string of the molecule is CCCCCCCC(=O)N(Cc1ccc(C)cc1)C1CC(C(=O)NCCO)=CC(Oc2c(I)cc(C=O)cc2OC)C1O. The highest BCUT2D eigenvalue weighted by atomic mass is 127. The molecule has 0 aliphatic heterocycles. The zero-order chi connectivity index (χ0) is 31.4. The fourth-order valence-corrected chi connectivity index (χ4v) is 5.89. The molecule has 234 valence electrons. The molecule has 0 saturated carbocycles. The first-order valence-corrected chi connectivity index (χ1v) is 15.9. The van der Waals surface area contributed by atoms with E-state index in [4.69, 9.17) is 9.47 Å². The molecule has 10 heteroatoms. The van der Waals surface area contributed by atoms with Gasteiger partial charge in [-0.2, -0.15) is 0 Å². The van der Waals surface area contributed by atoms with E-state index in [1.807, 2.05) is 53.8 Å². The highest BCUT2D eigenvalue weighted by Gasteiger charge is 2.41. The summed E-state index contributed by atoms with van der Waals surface area (Å²) in [6.07, 6.45) is 5.52. The number of carbonyl (C=O) groups excluding carboxylic acids is 3. The van der Waals surface area contributed by atoms with Crippen molar-refractivity contribution < 1.29 is 34.1 Å². The Morgan fingerprint density at radius 2 is 1.86 bits per heavy atom. The van der Waals surface area contributed by atoms with Crippen LogP contribution in [0.2, 0.25) is 0 Å². The molecule has 43 heavy (non-hydrogen) atoms. The van der Waals surface area contributed by atoms with E-state index in [1.54, 1.807) is 23.1 Å². The Morgan fingerprint density at radius 1 is 1.14 bits per heavy atom. The van der Waals surface area contributed by atoms with Crippen LogP contribution in [0.4, 0.5) is 0 Å². The van der Waals surface area contributed by atoms with Crippen molar-refractivity contribution in [2.24, 2.45) is 0 Å². The Balaban J connectivity index is 1.99. The maximum absolute atomic E-state index is 13.8. The standard InChI is InChI=1S/C33H43IN2O7/c1-4-5-6-7-8-9-30(39)36(20-23-12-10-22(2)11-13-23)27-18-25(33(41)35-14-15-37)19-28(31(27)40)43-32-26(34)16-24(21-38)17-29(32)42-3/h10-13,16-17,19,21,27-28,31,37,40H,4-9,14-15,18,20H2,1-3H3,(H,35,41). The normalized spacial score (nSPS) is 18.0. The van der Waals surface area contributed by atoms with Crippen molar-refractivity contribution in [3.63, 3.8) is 0 Å². The van der Waals surface area contributed by atoms with Gasteiger partial charge in [-0.1, -0.05) is 62.4 Å². The largest absolute Gasteiger partial charge is 0.493 e. The predicted octanol–water partition coefficient (Wildman–Crippen LogP) is 4.73. The van der Waals surface area contributed by atoms with Crippen LogP contribution in [0.15, 0.2) is 48.0 Å². The Kier molecular flexibility index (Phi) is 13.9. The smallest absolute Gasteiger partial charge is 0.247 e. The van der Waals surface area contributed by atoms with Crippen molar-refractivity contribution in [2.45, 2.75) is 83.6 Å². The second-order valence-electron chi connectivity index (χ2n) is 10.8. The summed E-state index contributed by atoms with van der Waals surface area (Å²) in [5, 5.41) is 23.7. The van der Waals surface area contributed by atoms with Crippen molar-refractivity contribution in [1.82, 2.24) is 10.2 Å². The van der Waals surface area contributed by atoms with Gasteiger partial charge < -0.3 is 29.9 Å². The summed E-state index contributed by atoms with van der Waals surface area (Å²) in [6.45, 7) is 4.25. The van der Waals surface area contributed by atoms with E-state index < -0.39 is 24.2 Å². The Labute approximate surface area is 267 Å². The monoisotopic (exact) mass is 706 g/mol. The number of aryl methyl sites for hydroxylation is 1. The van der Waals surface area contributed by atoms with E-state index in [0.717, 1.165) is 43.2 Å². The fourth-order valence-electron chi connectivity index (χ4n) is 5.14. The minimum Gasteiger partial charge on any atom is -0.493 e. The van der Waals surface area contributed by atoms with Crippen LogP contribution in [0.3, 0.4) is 0 Å². The number of nitrogens with zero attached hydrogens (tertiary/aromatic N) is 1. The Hall–Kier alpha value is -2.96. The molecule has 2 aromatic carbocycles. The first-order chi connectivity index (χ1) is 20.7. The molecular formula is C33H43IN2O7. The third-order valence-corrected chi connectivity index (χ3v) is 8.35. The van der Waals surface area contributed by atoms with Crippen molar-refractivity contribution in [2.75, 3.05) is 20.3 Å². The van der Waals surface area contributed by atoms with E-state index >= 15 is 0 Å². The average Bonchev–Trinajstić information content (AvgIpc) is 3.01. The van der Waals surface area contributed by atoms with E-state index in [2.05, 4.69) is 12.2 Å². The van der Waals surface area contributed by atoms with Crippen molar-refractivity contribution in [3.8, 4) is 11.5 Å². The molecule has 0 radical (unpaired) electrons. The van der Waals surface area contributed by atoms with Gasteiger partial charge in [0.1, 0.15) is 18.5 Å². The lowest BCUT2D eigenvalue weighted by Crippen LogP contribution is -2.54. The number of nitrogens with one attached hydrogen (secondary N) is 1. The molecule has 0 aromatic heterocycles. The lowest BCUT2D eigenvalue weighted by atomic mass is 9.87. The van der Waals surface area contributed by atoms with Gasteiger partial charge in [0.25, 0.3) is 0 Å². The van der Waals surface area contributed by atoms with Crippen molar-refractivity contribution >= 4 is 40.7 Å². The van der Waals surface area contributed by atoms with Gasteiger partial charge in [0.05, 0.1) is 23.3 Å². The van der Waals surface area contributed by atoms with Crippen LogP contribution in [-0.4, -0.2) is 71.7 Å². The van der Waals surface area contributed by atoms with Crippen LogP contribution >= 0.6 is 22.6 Å². The van der Waals surface area contributed by atoms with Crippen LogP contribution in [0.1, 0.15) is 73.4 Å². The van der Waals surface area contributed by atoms with Gasteiger partial charge in [-0.25, -0.2) is 0 Å². The number of hydrogen-bond acceptors (Lipinski definition) is 7. The first-order valence-electron chi connectivity index (χ1n) is 14.8. The van der Waals surface area contributed by atoms with Crippen LogP contribution in [-0.2, 0) is 16.1 Å². The van der Waals surface area contributed by atoms with E-state index in [0.29, 0.717) is 38.9 Å². The second-order valence-corrected chi connectivity index (χ2v) is 12.0. The number of halogens is 1. The Morgan fingerprint density at radius 3 is 2.51 bits per heavy atom. The molecule has 3 N–H and O–H groups in total. The number of aliphatic hydroxyl groups is 2. The van der Waals surface area contributed by atoms with Crippen LogP contribution in [0.25, 0.3) is 0 Å². The van der Waals surface area contributed by atoms with Gasteiger partial charge in [0.15, 0.2) is 11.5 Å². The number of carbonyl (C=O) groups is 3. The maximum Gasteiger partial charge on any atom is 0.247 e. The van der Waals surface area contributed by atoms with Gasteiger partial charge in [0.2, 0.25) is 11.8 Å². The first kappa shape index (κ1) is 34.5. The highest BCUT2D eigenvalue weighted by molar-refractivity contribution is 14.1. The zero-order valence-electron chi connectivity index (χ0n) is 25.2. The molecule has 3 unspecified atom stereocenters. The number of aldehydes is 1. The summed E-state index contributed by atoms with van der Waals surface area (Å²) in [6, 6.07) is 10.3. The number of methoxy groups -OCH3 is 1. The summed E-state index contributed by atoms with van der Waals surface area (Å²) in [7, 11) is 1.46. The number of hydrogen-bond donors (Lipinski definition) is 3. The molecule has 2 aromatic rings. The Bertz CT molecular complexity index is 1260. The molecule has 9 nitrogen and oxygen atoms in total. The molecule has 1 aliphatic carbocycles. The lowest BCUT2D eigenvalue weighted by molar-refractivity contribution is -0.139. The third kappa shape index (κ3) is 9.77. The minimum atomic E-state index is -1.17. The molecule has 3 rings (SSSR count). The van der Waals surface area contributed by atoms with Gasteiger partial charge in [-0.3, -0.25) is 14.4 Å². The summed E-state index contributed by atoms with van der Waals surface area (Å²) >= 11 is 2.03. The van der Waals surface area contributed by atoms with Crippen molar-refractivity contribution in [3.05, 3.63) is 68.3 Å². The van der Waals surface area contributed by atoms with Crippen LogP contribution in [0, 0.1) is 10.5 Å². The topological polar surface area (TPSA) is 125 Å². The second kappa shape index (κ2) is 17.4. The van der Waals surface area contributed by atoms with E-state index in [9.17, 15) is 24.6 Å². The molecule has 0 saturated heterocycles. The molecular weight excluding hydrogens is 663 g/mol. The lowest BCUT2D eigenvalue weighted by Gasteiger charge is -2.41. The minimum absolute atomic E-state index is 0.0670. The molecule has 0 heterocycles. The number of ether oxygens (including phenoxy) is 2. The number of unbranched alkanes of at least 4 members (excludes halogenated alkanes) is 4. The van der Waals surface area contributed by atoms with Crippen LogP contribution in [0.5, 0.6) is 11.5 Å². The molecule has 0 fully saturated rings. The number of aliphatic hydroxyl groups excluding tert-OH is 2. The average molecular weight is 707 g/mol. The fraction of sp³-hybridized carbons (Fsp3) is 0.485. The van der Waals surface area contributed by atoms with Crippen molar-refractivity contribution in [1.29, 1.82) is 0 Å². The molecule has 0 spiro atoms. The number of rotatable bonds is 16. The third-order valence-electron chi connectivity index (χ3n) is 7.54. The van der Waals surface area contributed by atoms with Gasteiger partial charge in [-0.05, 0) is 59.7 Å².